The molecule has 1 rings (SSSR count). The van der Waals surface area contributed by atoms with E-state index in [0.29, 0.717) is 6.54 Å². The molecule has 1 aromatic carbocycles. The van der Waals surface area contributed by atoms with Gasteiger partial charge in [0.25, 0.3) is 0 Å². The van der Waals surface area contributed by atoms with Gasteiger partial charge in [-0.2, -0.15) is 11.8 Å². The molecule has 5 heteroatoms. The minimum atomic E-state index is -0.312. The van der Waals surface area contributed by atoms with E-state index in [0.717, 1.165) is 17.7 Å². The molecule has 0 aliphatic carbocycles. The Labute approximate surface area is 111 Å². The number of carbonyl (C=O) groups is 1. The van der Waals surface area contributed by atoms with E-state index in [1.807, 2.05) is 6.26 Å². The number of halogens is 1. The number of hydrogen-bond donors (Lipinski definition) is 1. The van der Waals surface area contributed by atoms with Crippen molar-refractivity contribution in [1.82, 2.24) is 5.32 Å². The first-order valence-corrected chi connectivity index (χ1v) is 7.11. The van der Waals surface area contributed by atoms with E-state index in [2.05, 4.69) is 5.32 Å². The smallest absolute Gasteiger partial charge is 0.322 e. The van der Waals surface area contributed by atoms with Crippen LogP contribution in [0, 0.1) is 5.82 Å². The zero-order chi connectivity index (χ0) is 13.4. The van der Waals surface area contributed by atoms with Crippen molar-refractivity contribution in [3.8, 4) is 0 Å². The van der Waals surface area contributed by atoms with Gasteiger partial charge < -0.3 is 10.1 Å². The summed E-state index contributed by atoms with van der Waals surface area (Å²) in [4.78, 5) is 11.5. The number of methoxy groups -OCH3 is 1. The molecule has 0 spiro atoms. The molecule has 3 nitrogen and oxygen atoms in total. The normalized spacial score (nSPS) is 12.2. The van der Waals surface area contributed by atoms with Gasteiger partial charge in [0.15, 0.2) is 0 Å². The summed E-state index contributed by atoms with van der Waals surface area (Å²) in [6, 6.07) is 5.90. The van der Waals surface area contributed by atoms with Crippen LogP contribution in [0.5, 0.6) is 0 Å². The maximum Gasteiger partial charge on any atom is 0.322 e. The Morgan fingerprint density at radius 1 is 1.44 bits per heavy atom. The lowest BCUT2D eigenvalue weighted by molar-refractivity contribution is -0.143. The van der Waals surface area contributed by atoms with Crippen LogP contribution in [0.25, 0.3) is 0 Å². The molecular weight excluding hydrogens is 253 g/mol. The van der Waals surface area contributed by atoms with Crippen molar-refractivity contribution in [3.05, 3.63) is 35.6 Å². The van der Waals surface area contributed by atoms with Gasteiger partial charge in [0.2, 0.25) is 0 Å². The maximum atomic E-state index is 12.7. The third kappa shape index (κ3) is 5.06. The molecule has 0 fully saturated rings. The predicted octanol–water partition coefficient (Wildman–Crippen LogP) is 2.21. The highest BCUT2D eigenvalue weighted by atomic mass is 32.2. The molecule has 0 heterocycles. The van der Waals surface area contributed by atoms with Gasteiger partial charge in [-0.3, -0.25) is 4.79 Å². The first-order chi connectivity index (χ1) is 8.67. The standard InChI is InChI=1S/C13H18FNO2S/c1-17-13(16)12(7-8-18-2)15-9-10-3-5-11(14)6-4-10/h3-6,12,15H,7-9H2,1-2H3. The van der Waals surface area contributed by atoms with Crippen LogP contribution >= 0.6 is 11.8 Å². The minimum absolute atomic E-state index is 0.258. The Morgan fingerprint density at radius 3 is 2.67 bits per heavy atom. The van der Waals surface area contributed by atoms with Gasteiger partial charge in [-0.25, -0.2) is 4.39 Å². The molecule has 0 amide bonds. The van der Waals surface area contributed by atoms with Gasteiger partial charge in [-0.1, -0.05) is 12.1 Å². The Balaban J connectivity index is 2.50. The van der Waals surface area contributed by atoms with Gasteiger partial charge in [0, 0.05) is 6.54 Å². The minimum Gasteiger partial charge on any atom is -0.468 e. The van der Waals surface area contributed by atoms with Crippen molar-refractivity contribution >= 4 is 17.7 Å². The fourth-order valence-corrected chi connectivity index (χ4v) is 2.00. The topological polar surface area (TPSA) is 38.3 Å². The van der Waals surface area contributed by atoms with Crippen LogP contribution in [-0.4, -0.2) is 31.1 Å². The Morgan fingerprint density at radius 2 is 2.11 bits per heavy atom. The molecule has 100 valence electrons. The molecule has 1 aromatic rings. The van der Waals surface area contributed by atoms with E-state index in [4.69, 9.17) is 4.74 Å². The summed E-state index contributed by atoms with van der Waals surface area (Å²) in [5.41, 5.74) is 0.939. The summed E-state index contributed by atoms with van der Waals surface area (Å²) in [5, 5.41) is 3.13. The average Bonchev–Trinajstić information content (AvgIpc) is 2.40. The molecule has 0 aliphatic heterocycles. The van der Waals surface area contributed by atoms with Crippen LogP contribution in [-0.2, 0) is 16.1 Å². The fourth-order valence-electron chi connectivity index (χ4n) is 1.52. The van der Waals surface area contributed by atoms with Crippen LogP contribution in [0.2, 0.25) is 0 Å². The Hall–Kier alpha value is -1.07. The number of thioether (sulfide) groups is 1. The number of ether oxygens (including phenoxy) is 1. The first kappa shape index (κ1) is 15.0. The van der Waals surface area contributed by atoms with Crippen molar-refractivity contribution in [1.29, 1.82) is 0 Å². The van der Waals surface area contributed by atoms with Crippen LogP contribution in [0.1, 0.15) is 12.0 Å². The molecule has 0 radical (unpaired) electrons. The molecule has 0 bridgehead atoms. The molecule has 18 heavy (non-hydrogen) atoms. The lowest BCUT2D eigenvalue weighted by Crippen LogP contribution is -2.37. The number of benzene rings is 1. The Bertz CT molecular complexity index is 370. The third-order valence-electron chi connectivity index (χ3n) is 2.56. The predicted molar refractivity (Wildman–Crippen MR) is 72.0 cm³/mol. The van der Waals surface area contributed by atoms with E-state index in [-0.39, 0.29) is 17.8 Å². The van der Waals surface area contributed by atoms with Gasteiger partial charge in [-0.15, -0.1) is 0 Å². The zero-order valence-electron chi connectivity index (χ0n) is 10.6. The van der Waals surface area contributed by atoms with Gasteiger partial charge in [0.05, 0.1) is 7.11 Å². The van der Waals surface area contributed by atoms with Crippen LogP contribution in [0.3, 0.4) is 0 Å². The second-order valence-corrected chi connectivity index (χ2v) is 4.85. The molecular formula is C13H18FNO2S. The summed E-state index contributed by atoms with van der Waals surface area (Å²) >= 11 is 1.68. The van der Waals surface area contributed by atoms with Crippen molar-refractivity contribution in [2.75, 3.05) is 19.1 Å². The van der Waals surface area contributed by atoms with E-state index in [1.165, 1.54) is 19.2 Å². The highest BCUT2D eigenvalue weighted by molar-refractivity contribution is 7.98. The first-order valence-electron chi connectivity index (χ1n) is 5.72. The molecule has 1 atom stereocenters. The van der Waals surface area contributed by atoms with Gasteiger partial charge in [-0.05, 0) is 36.1 Å². The van der Waals surface area contributed by atoms with Crippen molar-refractivity contribution in [2.24, 2.45) is 0 Å². The van der Waals surface area contributed by atoms with E-state index >= 15 is 0 Å². The SMILES string of the molecule is COC(=O)C(CCSC)NCc1ccc(F)cc1. The fraction of sp³-hybridized carbons (Fsp3) is 0.462. The second-order valence-electron chi connectivity index (χ2n) is 3.86. The number of hydrogen-bond acceptors (Lipinski definition) is 4. The molecule has 0 saturated heterocycles. The third-order valence-corrected chi connectivity index (χ3v) is 3.21. The second kappa shape index (κ2) is 8.11. The summed E-state index contributed by atoms with van der Waals surface area (Å²) in [5.74, 6) is 0.368. The molecule has 1 N–H and O–H groups in total. The molecule has 0 aromatic heterocycles. The zero-order valence-corrected chi connectivity index (χ0v) is 11.4. The lowest BCUT2D eigenvalue weighted by Gasteiger charge is -2.15. The molecule has 0 aliphatic rings. The summed E-state index contributed by atoms with van der Waals surface area (Å²) < 4.78 is 17.5. The number of rotatable bonds is 7. The number of nitrogens with one attached hydrogen (secondary N) is 1. The monoisotopic (exact) mass is 271 g/mol. The van der Waals surface area contributed by atoms with Crippen LogP contribution in [0.15, 0.2) is 24.3 Å². The van der Waals surface area contributed by atoms with E-state index in [1.54, 1.807) is 23.9 Å². The van der Waals surface area contributed by atoms with Crippen molar-refractivity contribution in [2.45, 2.75) is 19.0 Å². The van der Waals surface area contributed by atoms with Gasteiger partial charge in [0.1, 0.15) is 11.9 Å². The highest BCUT2D eigenvalue weighted by Crippen LogP contribution is 2.06. The summed E-state index contributed by atoms with van der Waals surface area (Å²) in [6.45, 7) is 0.522. The number of carbonyl (C=O) groups excluding carboxylic acids is 1. The quantitative estimate of drug-likeness (QED) is 0.772. The van der Waals surface area contributed by atoms with Crippen molar-refractivity contribution < 1.29 is 13.9 Å². The Kier molecular flexibility index (Phi) is 6.75. The molecule has 0 saturated carbocycles. The van der Waals surface area contributed by atoms with Gasteiger partial charge >= 0.3 is 5.97 Å². The average molecular weight is 271 g/mol. The van der Waals surface area contributed by atoms with Crippen LogP contribution < -0.4 is 5.32 Å². The lowest BCUT2D eigenvalue weighted by atomic mass is 10.2. The van der Waals surface area contributed by atoms with E-state index in [9.17, 15) is 9.18 Å². The maximum absolute atomic E-state index is 12.7. The van der Waals surface area contributed by atoms with Crippen LogP contribution in [0.4, 0.5) is 4.39 Å². The van der Waals surface area contributed by atoms with E-state index < -0.39 is 0 Å². The highest BCUT2D eigenvalue weighted by Gasteiger charge is 2.17. The largest absolute Gasteiger partial charge is 0.468 e. The number of esters is 1. The summed E-state index contributed by atoms with van der Waals surface area (Å²) in [7, 11) is 1.38. The molecule has 1 unspecified atom stereocenters. The van der Waals surface area contributed by atoms with Crippen molar-refractivity contribution in [3.63, 3.8) is 0 Å². The summed E-state index contributed by atoms with van der Waals surface area (Å²) in [6.07, 6.45) is 2.71.